The van der Waals surface area contributed by atoms with Crippen molar-refractivity contribution >= 4 is 5.69 Å². The van der Waals surface area contributed by atoms with Crippen molar-refractivity contribution in [2.45, 2.75) is 0 Å². The highest BCUT2D eigenvalue weighted by molar-refractivity contribution is 5.50. The van der Waals surface area contributed by atoms with Crippen LogP contribution in [0.25, 0.3) is 5.82 Å². The van der Waals surface area contributed by atoms with Crippen LogP contribution in [0.5, 0.6) is 0 Å². The van der Waals surface area contributed by atoms with Gasteiger partial charge in [0.05, 0.1) is 11.9 Å². The summed E-state index contributed by atoms with van der Waals surface area (Å²) in [5.41, 5.74) is 6.24. The summed E-state index contributed by atoms with van der Waals surface area (Å²) in [4.78, 5) is 7.85. The maximum Gasteiger partial charge on any atom is 0.163 e. The first kappa shape index (κ1) is 6.84. The van der Waals surface area contributed by atoms with Crippen molar-refractivity contribution in [1.29, 1.82) is 0 Å². The summed E-state index contributed by atoms with van der Waals surface area (Å²) in [6.45, 7) is 0. The zero-order chi connectivity index (χ0) is 8.39. The highest BCUT2D eigenvalue weighted by Gasteiger charge is 1.99. The minimum absolute atomic E-state index is 0.578. The Balaban J connectivity index is 2.55. The average molecular weight is 160 g/mol. The van der Waals surface area contributed by atoms with Gasteiger partial charge in [-0.25, -0.2) is 9.97 Å². The molecule has 60 valence electrons. The Morgan fingerprint density at radius 3 is 2.67 bits per heavy atom. The van der Waals surface area contributed by atoms with Crippen molar-refractivity contribution in [3.05, 3.63) is 37.1 Å². The van der Waals surface area contributed by atoms with Gasteiger partial charge in [0, 0.05) is 12.4 Å². The third-order valence-electron chi connectivity index (χ3n) is 1.57. The second-order valence-corrected chi connectivity index (χ2v) is 2.39. The van der Waals surface area contributed by atoms with Crippen LogP contribution in [-0.2, 0) is 0 Å². The molecule has 0 fully saturated rings. The number of nitrogens with zero attached hydrogens (tertiary/aromatic N) is 3. The summed E-state index contributed by atoms with van der Waals surface area (Å²) in [5.74, 6) is 0.718. The van der Waals surface area contributed by atoms with Crippen LogP contribution >= 0.6 is 0 Å². The number of nitrogens with two attached hydrogens (primary N) is 1. The topological polar surface area (TPSA) is 56.7 Å². The molecule has 2 aromatic heterocycles. The molecule has 0 unspecified atom stereocenters. The van der Waals surface area contributed by atoms with Gasteiger partial charge in [0.2, 0.25) is 0 Å². The van der Waals surface area contributed by atoms with E-state index >= 15 is 0 Å². The lowest BCUT2D eigenvalue weighted by molar-refractivity contribution is 0.988. The summed E-state index contributed by atoms with van der Waals surface area (Å²) in [5, 5.41) is 0. The van der Waals surface area contributed by atoms with E-state index in [1.165, 1.54) is 6.33 Å². The summed E-state index contributed by atoms with van der Waals surface area (Å²) < 4.78 is 1.84. The Morgan fingerprint density at radius 2 is 2.00 bits per heavy atom. The lowest BCUT2D eigenvalue weighted by atomic mass is 10.5. The van der Waals surface area contributed by atoms with E-state index in [-0.39, 0.29) is 0 Å². The number of hydrogen-bond acceptors (Lipinski definition) is 3. The van der Waals surface area contributed by atoms with Gasteiger partial charge in [0.15, 0.2) is 5.82 Å². The first-order valence-electron chi connectivity index (χ1n) is 3.57. The molecule has 0 aromatic carbocycles. The molecule has 0 saturated heterocycles. The van der Waals surface area contributed by atoms with Crippen LogP contribution in [0.15, 0.2) is 37.1 Å². The fraction of sp³-hybridized carbons (Fsp3) is 0. The van der Waals surface area contributed by atoms with Gasteiger partial charge in [0.25, 0.3) is 0 Å². The van der Waals surface area contributed by atoms with E-state index in [9.17, 15) is 0 Å². The Morgan fingerprint density at radius 1 is 1.25 bits per heavy atom. The largest absolute Gasteiger partial charge is 0.394 e. The van der Waals surface area contributed by atoms with Gasteiger partial charge in [-0.05, 0) is 12.1 Å². The van der Waals surface area contributed by atoms with Gasteiger partial charge in [-0.1, -0.05) is 0 Å². The van der Waals surface area contributed by atoms with E-state index in [1.54, 1.807) is 6.20 Å². The molecule has 2 N–H and O–H groups in total. The normalized spacial score (nSPS) is 10.0. The van der Waals surface area contributed by atoms with Crippen molar-refractivity contribution in [3.8, 4) is 5.82 Å². The molecule has 0 spiro atoms. The third kappa shape index (κ3) is 1.03. The number of anilines is 1. The summed E-state index contributed by atoms with van der Waals surface area (Å²) in [6, 6.07) is 3.84. The lowest BCUT2D eigenvalue weighted by Gasteiger charge is -2.02. The molecule has 12 heavy (non-hydrogen) atoms. The minimum atomic E-state index is 0.578. The zero-order valence-electron chi connectivity index (χ0n) is 6.38. The highest BCUT2D eigenvalue weighted by atomic mass is 15.1. The standard InChI is InChI=1S/C8H8N4/c9-7-5-10-6-11-8(7)12-3-1-2-4-12/h1-6H,9H2. The predicted octanol–water partition coefficient (Wildman–Crippen LogP) is 0.850. The molecule has 4 heteroatoms. The summed E-state index contributed by atoms with van der Waals surface area (Å²) in [6.07, 6.45) is 6.84. The van der Waals surface area contributed by atoms with Crippen LogP contribution < -0.4 is 5.73 Å². The molecule has 0 amide bonds. The van der Waals surface area contributed by atoms with Crippen LogP contribution in [0.3, 0.4) is 0 Å². The first-order valence-corrected chi connectivity index (χ1v) is 3.57. The molecule has 2 heterocycles. The van der Waals surface area contributed by atoms with Gasteiger partial charge < -0.3 is 10.3 Å². The van der Waals surface area contributed by atoms with Crippen molar-refractivity contribution < 1.29 is 0 Å². The van der Waals surface area contributed by atoms with Crippen molar-refractivity contribution in [3.63, 3.8) is 0 Å². The lowest BCUT2D eigenvalue weighted by Crippen LogP contribution is -2.00. The molecule has 0 aliphatic heterocycles. The smallest absolute Gasteiger partial charge is 0.163 e. The molecule has 0 atom stereocenters. The van der Waals surface area contributed by atoms with E-state index in [4.69, 9.17) is 5.73 Å². The third-order valence-corrected chi connectivity index (χ3v) is 1.57. The van der Waals surface area contributed by atoms with Crippen molar-refractivity contribution in [2.75, 3.05) is 5.73 Å². The zero-order valence-corrected chi connectivity index (χ0v) is 6.38. The molecule has 0 bridgehead atoms. The van der Waals surface area contributed by atoms with Gasteiger partial charge in [0.1, 0.15) is 6.33 Å². The van der Waals surface area contributed by atoms with Gasteiger partial charge >= 0.3 is 0 Å². The maximum absolute atomic E-state index is 5.67. The average Bonchev–Trinajstić information content (AvgIpc) is 2.57. The van der Waals surface area contributed by atoms with Crippen LogP contribution in [0.2, 0.25) is 0 Å². The highest BCUT2D eigenvalue weighted by Crippen LogP contribution is 2.10. The molecule has 2 aromatic rings. The van der Waals surface area contributed by atoms with Crippen LogP contribution in [-0.4, -0.2) is 14.5 Å². The molecule has 4 nitrogen and oxygen atoms in total. The van der Waals surface area contributed by atoms with Crippen LogP contribution in [0.1, 0.15) is 0 Å². The second-order valence-electron chi connectivity index (χ2n) is 2.39. The molecule has 0 saturated carbocycles. The van der Waals surface area contributed by atoms with E-state index in [0.29, 0.717) is 5.69 Å². The number of aromatic nitrogens is 3. The van der Waals surface area contributed by atoms with Crippen LogP contribution in [0, 0.1) is 0 Å². The molecule has 0 aliphatic rings. The Hall–Kier alpha value is -1.84. The predicted molar refractivity (Wildman–Crippen MR) is 45.8 cm³/mol. The summed E-state index contributed by atoms with van der Waals surface area (Å²) in [7, 11) is 0. The molecular formula is C8H8N4. The fourth-order valence-corrected chi connectivity index (χ4v) is 1.03. The SMILES string of the molecule is Nc1cncnc1-n1cccc1. The van der Waals surface area contributed by atoms with Crippen molar-refractivity contribution in [2.24, 2.45) is 0 Å². The maximum atomic E-state index is 5.67. The number of rotatable bonds is 1. The molecule has 0 aliphatic carbocycles. The van der Waals surface area contributed by atoms with E-state index < -0.39 is 0 Å². The van der Waals surface area contributed by atoms with Gasteiger partial charge in [-0.2, -0.15) is 0 Å². The molecule has 0 radical (unpaired) electrons. The van der Waals surface area contributed by atoms with E-state index in [1.807, 2.05) is 29.1 Å². The quantitative estimate of drug-likeness (QED) is 0.672. The van der Waals surface area contributed by atoms with Gasteiger partial charge in [-0.3, -0.25) is 0 Å². The Bertz CT molecular complexity index is 366. The Kier molecular flexibility index (Phi) is 1.51. The molecular weight excluding hydrogens is 152 g/mol. The molecule has 2 rings (SSSR count). The number of hydrogen-bond donors (Lipinski definition) is 1. The fourth-order valence-electron chi connectivity index (χ4n) is 1.03. The first-order chi connectivity index (χ1) is 5.88. The minimum Gasteiger partial charge on any atom is -0.394 e. The van der Waals surface area contributed by atoms with Crippen molar-refractivity contribution in [1.82, 2.24) is 14.5 Å². The Labute approximate surface area is 69.7 Å². The van der Waals surface area contributed by atoms with Crippen LogP contribution in [0.4, 0.5) is 5.69 Å². The monoisotopic (exact) mass is 160 g/mol. The summed E-state index contributed by atoms with van der Waals surface area (Å²) >= 11 is 0. The number of nitrogen functional groups attached to an aromatic ring is 1. The van der Waals surface area contributed by atoms with E-state index in [2.05, 4.69) is 9.97 Å². The second kappa shape index (κ2) is 2.65. The van der Waals surface area contributed by atoms with Gasteiger partial charge in [-0.15, -0.1) is 0 Å². The van der Waals surface area contributed by atoms with E-state index in [0.717, 1.165) is 5.82 Å².